The molecule has 16 nitrogen and oxygen atoms in total. The van der Waals surface area contributed by atoms with Crippen LogP contribution in [0.1, 0.15) is 70.4 Å². The largest absolute Gasteiger partial charge is 0.496 e. The first-order valence-corrected chi connectivity index (χ1v) is 21.6. The molecule has 3 aromatic rings. The van der Waals surface area contributed by atoms with Crippen LogP contribution in [0.15, 0.2) is 51.2 Å². The average molecular weight is 947 g/mol. The number of ether oxygens (including phenoxy) is 2. The lowest BCUT2D eigenvalue weighted by atomic mass is 10.1. The molecule has 0 heterocycles. The van der Waals surface area contributed by atoms with Gasteiger partial charge in [0.05, 0.1) is 69.0 Å². The number of halogens is 6. The average Bonchev–Trinajstić information content (AvgIpc) is 3.22. The molecular weight excluding hydrogens is 895 g/mol. The van der Waals surface area contributed by atoms with Crippen LogP contribution in [0.2, 0.25) is 0 Å². The van der Waals surface area contributed by atoms with Gasteiger partial charge in [-0.05, 0) is 69.6 Å². The molecular formula is C40H52F6N10O6S2. The van der Waals surface area contributed by atoms with Crippen molar-refractivity contribution in [1.29, 1.82) is 0 Å². The summed E-state index contributed by atoms with van der Waals surface area (Å²) in [6.45, 7) is 0.985. The Hall–Kier alpha value is -5.43. The highest BCUT2D eigenvalue weighted by molar-refractivity contribution is 7.99. The molecule has 0 radical (unpaired) electrons. The zero-order valence-electron chi connectivity index (χ0n) is 35.2. The van der Waals surface area contributed by atoms with Crippen molar-refractivity contribution in [3.8, 4) is 11.5 Å². The summed E-state index contributed by atoms with van der Waals surface area (Å²) in [5, 5.41) is 12.8. The van der Waals surface area contributed by atoms with E-state index < -0.39 is 58.2 Å². The topological polar surface area (TPSA) is 263 Å². The number of nitrogens with two attached hydrogens (primary N) is 4. The fourth-order valence-electron chi connectivity index (χ4n) is 5.84. The SMILES string of the molecule is CNCCCCC(=O)Nc1cc(C(F)(F)F)cc(NC(=O)c2cc(C(=O)Nc3cc(C(F)(F)F)cc(NC(=O)CCCCN=C(N)N)c3SCCN)c(OC)cc2OC)c1SCCN. The minimum absolute atomic E-state index is 0.000928. The maximum Gasteiger partial charge on any atom is 0.416 e. The van der Waals surface area contributed by atoms with Crippen LogP contribution in [-0.4, -0.2) is 88.5 Å². The summed E-state index contributed by atoms with van der Waals surface area (Å²) in [4.78, 5) is 57.9. The van der Waals surface area contributed by atoms with Crippen LogP contribution in [0.5, 0.6) is 11.5 Å². The van der Waals surface area contributed by atoms with Crippen molar-refractivity contribution in [2.24, 2.45) is 27.9 Å². The summed E-state index contributed by atoms with van der Waals surface area (Å²) in [7, 11) is 4.08. The van der Waals surface area contributed by atoms with Crippen LogP contribution in [0.4, 0.5) is 49.1 Å². The molecule has 3 aromatic carbocycles. The molecule has 64 heavy (non-hydrogen) atoms. The zero-order valence-corrected chi connectivity index (χ0v) is 36.9. The summed E-state index contributed by atoms with van der Waals surface area (Å²) < 4.78 is 96.5. The van der Waals surface area contributed by atoms with Crippen LogP contribution < -0.4 is 59.0 Å². The number of guanidine groups is 1. The molecule has 0 saturated heterocycles. The number of nitrogens with zero attached hydrogens (tertiary/aromatic N) is 1. The van der Waals surface area contributed by atoms with Crippen molar-refractivity contribution in [2.45, 2.75) is 60.7 Å². The van der Waals surface area contributed by atoms with Gasteiger partial charge in [0.1, 0.15) is 11.5 Å². The molecule has 13 N–H and O–H groups in total. The number of carbonyl (C=O) groups is 4. The molecule has 0 bridgehead atoms. The van der Waals surface area contributed by atoms with E-state index in [4.69, 9.17) is 32.4 Å². The summed E-state index contributed by atoms with van der Waals surface area (Å²) in [6, 6.07) is 4.94. The van der Waals surface area contributed by atoms with Gasteiger partial charge >= 0.3 is 12.4 Å². The maximum atomic E-state index is 14.3. The van der Waals surface area contributed by atoms with Gasteiger partial charge in [0.2, 0.25) is 11.8 Å². The Kier molecular flexibility index (Phi) is 20.8. The monoisotopic (exact) mass is 946 g/mol. The van der Waals surface area contributed by atoms with Gasteiger partial charge in [-0.25, -0.2) is 0 Å². The Morgan fingerprint density at radius 2 is 1.03 bits per heavy atom. The lowest BCUT2D eigenvalue weighted by Crippen LogP contribution is -2.23. The van der Waals surface area contributed by atoms with E-state index >= 15 is 0 Å². The molecule has 0 spiro atoms. The standard InChI is InChI=1S/C40H52F6N10O6S2/c1-51-12-6-4-8-32(57)53-26-16-22(39(41,42)43)18-28(34(26)63-14-10-47)55-36(59)24-20-25(31(62-3)21-30(24)61-2)37(60)56-29-19-23(40(44,45)46)17-27(35(29)64-15-11-48)54-33(58)9-5-7-13-52-38(49)50/h16-21,51H,4-15,47-48H2,1-3H3,(H,53,57)(H,54,58)(H,55,59)(H,56,60)(H4,49,50,52). The number of methoxy groups -OCH3 is 2. The van der Waals surface area contributed by atoms with E-state index in [9.17, 15) is 45.5 Å². The van der Waals surface area contributed by atoms with E-state index in [-0.39, 0.29) is 94.0 Å². The number of nitrogens with one attached hydrogen (secondary N) is 5. The first kappa shape index (κ1) is 52.9. The Bertz CT molecular complexity index is 2140. The van der Waals surface area contributed by atoms with Crippen molar-refractivity contribution in [1.82, 2.24) is 5.32 Å². The molecule has 0 aliphatic rings. The van der Waals surface area contributed by atoms with Gasteiger partial charge in [0.25, 0.3) is 11.8 Å². The van der Waals surface area contributed by atoms with Gasteiger partial charge in [-0.3, -0.25) is 24.2 Å². The number of alkyl halides is 6. The van der Waals surface area contributed by atoms with E-state index in [0.29, 0.717) is 44.4 Å². The predicted octanol–water partition coefficient (Wildman–Crippen LogP) is 6.06. The highest BCUT2D eigenvalue weighted by Crippen LogP contribution is 2.43. The number of carbonyl (C=O) groups excluding carboxylic acids is 4. The molecule has 0 unspecified atom stereocenters. The molecule has 3 rings (SSSR count). The Morgan fingerprint density at radius 3 is 1.39 bits per heavy atom. The number of hydrogen-bond donors (Lipinski definition) is 9. The summed E-state index contributed by atoms with van der Waals surface area (Å²) in [6.07, 6.45) is -8.21. The van der Waals surface area contributed by atoms with E-state index in [1.807, 2.05) is 0 Å². The number of rotatable bonds is 24. The van der Waals surface area contributed by atoms with Gasteiger partial charge in [-0.1, -0.05) is 0 Å². The number of hydrogen-bond acceptors (Lipinski definition) is 12. The number of aliphatic imine (C=N–C) groups is 1. The highest BCUT2D eigenvalue weighted by Gasteiger charge is 2.35. The lowest BCUT2D eigenvalue weighted by molar-refractivity contribution is -0.138. The first-order valence-electron chi connectivity index (χ1n) is 19.6. The molecule has 0 aliphatic heterocycles. The first-order chi connectivity index (χ1) is 30.3. The van der Waals surface area contributed by atoms with E-state index in [0.717, 1.165) is 47.8 Å². The second-order valence-electron chi connectivity index (χ2n) is 13.7. The van der Waals surface area contributed by atoms with Crippen molar-refractivity contribution < 1.29 is 55.0 Å². The fourth-order valence-corrected chi connectivity index (χ4v) is 7.55. The van der Waals surface area contributed by atoms with Gasteiger partial charge in [-0.2, -0.15) is 26.3 Å². The summed E-state index contributed by atoms with van der Waals surface area (Å²) in [5.74, 6) is -3.59. The van der Waals surface area contributed by atoms with Crippen molar-refractivity contribution in [3.63, 3.8) is 0 Å². The predicted molar refractivity (Wildman–Crippen MR) is 237 cm³/mol. The number of benzene rings is 3. The van der Waals surface area contributed by atoms with Crippen LogP contribution in [0.3, 0.4) is 0 Å². The number of amides is 4. The van der Waals surface area contributed by atoms with Crippen LogP contribution >= 0.6 is 23.5 Å². The van der Waals surface area contributed by atoms with Gasteiger partial charge in [0, 0.05) is 50.0 Å². The molecule has 352 valence electrons. The fraction of sp³-hybridized carbons (Fsp3) is 0.425. The minimum atomic E-state index is -4.95. The van der Waals surface area contributed by atoms with Crippen molar-refractivity contribution in [3.05, 3.63) is 58.7 Å². The molecule has 0 fully saturated rings. The van der Waals surface area contributed by atoms with Crippen LogP contribution in [0.25, 0.3) is 0 Å². The van der Waals surface area contributed by atoms with Crippen molar-refractivity contribution >= 4 is 75.9 Å². The number of anilines is 4. The Morgan fingerprint density at radius 1 is 0.625 bits per heavy atom. The third-order valence-corrected chi connectivity index (χ3v) is 11.1. The summed E-state index contributed by atoms with van der Waals surface area (Å²) >= 11 is 1.93. The summed E-state index contributed by atoms with van der Waals surface area (Å²) in [5.41, 5.74) is 17.6. The number of thioether (sulfide) groups is 2. The quantitative estimate of drug-likeness (QED) is 0.0163. The number of unbranched alkanes of at least 4 members (excludes halogenated alkanes) is 2. The lowest BCUT2D eigenvalue weighted by Gasteiger charge is -2.21. The van der Waals surface area contributed by atoms with Gasteiger partial charge in [-0.15, -0.1) is 23.5 Å². The molecule has 0 aromatic heterocycles. The Labute approximate surface area is 374 Å². The second kappa shape index (κ2) is 25.2. The molecule has 0 saturated carbocycles. The zero-order chi connectivity index (χ0) is 47.6. The van der Waals surface area contributed by atoms with E-state index in [2.05, 4.69) is 31.6 Å². The smallest absolute Gasteiger partial charge is 0.416 e. The molecule has 24 heteroatoms. The van der Waals surface area contributed by atoms with Gasteiger partial charge < -0.3 is 59.0 Å². The Balaban J connectivity index is 2.12. The van der Waals surface area contributed by atoms with Crippen LogP contribution in [0, 0.1) is 0 Å². The van der Waals surface area contributed by atoms with Crippen LogP contribution in [-0.2, 0) is 21.9 Å². The molecule has 0 atom stereocenters. The van der Waals surface area contributed by atoms with Crippen molar-refractivity contribution in [2.75, 3.05) is 80.2 Å². The third kappa shape index (κ3) is 16.0. The normalized spacial score (nSPS) is 11.4. The second-order valence-corrected chi connectivity index (χ2v) is 15.9. The third-order valence-electron chi connectivity index (χ3n) is 8.80. The van der Waals surface area contributed by atoms with E-state index in [1.165, 1.54) is 14.2 Å². The molecule has 4 amide bonds. The maximum absolute atomic E-state index is 14.3. The van der Waals surface area contributed by atoms with Gasteiger partial charge in [0.15, 0.2) is 5.96 Å². The highest BCUT2D eigenvalue weighted by atomic mass is 32.2. The molecule has 0 aliphatic carbocycles. The van der Waals surface area contributed by atoms with E-state index in [1.54, 1.807) is 7.05 Å². The minimum Gasteiger partial charge on any atom is -0.496 e.